The molecule has 0 heterocycles. The fourth-order valence-corrected chi connectivity index (χ4v) is 4.47. The van der Waals surface area contributed by atoms with Gasteiger partial charge in [-0.2, -0.15) is 0 Å². The van der Waals surface area contributed by atoms with Gasteiger partial charge in [0.25, 0.3) is 0 Å². The third-order valence-electron chi connectivity index (χ3n) is 5.82. The SMILES string of the molecule is COc1ccc(C2CCCCC2)cc1C1(CN)CCCC1. The smallest absolute Gasteiger partial charge is 0.122 e. The standard InChI is InChI=1S/C19H29NO/c1-21-18-10-9-16(15-7-3-2-4-8-15)13-17(18)19(14-20)11-5-6-12-19/h9-10,13,15H,2-8,11-12,14,20H2,1H3. The highest BCUT2D eigenvalue weighted by Crippen LogP contribution is 2.45. The highest BCUT2D eigenvalue weighted by molar-refractivity contribution is 5.44. The number of hydrogen-bond donors (Lipinski definition) is 1. The average molecular weight is 287 g/mol. The van der Waals surface area contributed by atoms with Crippen molar-refractivity contribution in [3.63, 3.8) is 0 Å². The van der Waals surface area contributed by atoms with Crippen LogP contribution in [0.15, 0.2) is 18.2 Å². The molecule has 0 aliphatic heterocycles. The number of methoxy groups -OCH3 is 1. The van der Waals surface area contributed by atoms with Gasteiger partial charge in [0.05, 0.1) is 7.11 Å². The van der Waals surface area contributed by atoms with E-state index in [1.807, 2.05) is 0 Å². The Bertz CT molecular complexity index is 470. The van der Waals surface area contributed by atoms with Crippen LogP contribution >= 0.6 is 0 Å². The topological polar surface area (TPSA) is 35.2 Å². The summed E-state index contributed by atoms with van der Waals surface area (Å²) in [6.07, 6.45) is 11.9. The lowest BCUT2D eigenvalue weighted by atomic mass is 9.76. The van der Waals surface area contributed by atoms with Crippen LogP contribution in [0.1, 0.15) is 74.8 Å². The summed E-state index contributed by atoms with van der Waals surface area (Å²) in [7, 11) is 1.79. The normalized spacial score (nSPS) is 22.4. The van der Waals surface area contributed by atoms with E-state index >= 15 is 0 Å². The van der Waals surface area contributed by atoms with Crippen LogP contribution in [0, 0.1) is 0 Å². The Hall–Kier alpha value is -1.02. The highest BCUT2D eigenvalue weighted by atomic mass is 16.5. The highest BCUT2D eigenvalue weighted by Gasteiger charge is 2.37. The summed E-state index contributed by atoms with van der Waals surface area (Å²) in [5.74, 6) is 1.79. The van der Waals surface area contributed by atoms with Gasteiger partial charge in [-0.05, 0) is 43.2 Å². The number of benzene rings is 1. The van der Waals surface area contributed by atoms with Crippen LogP contribution in [0.2, 0.25) is 0 Å². The molecule has 2 N–H and O–H groups in total. The Labute approximate surface area is 129 Å². The zero-order valence-corrected chi connectivity index (χ0v) is 13.4. The van der Waals surface area contributed by atoms with Crippen molar-refractivity contribution in [1.82, 2.24) is 0 Å². The van der Waals surface area contributed by atoms with Gasteiger partial charge in [0, 0.05) is 17.5 Å². The van der Waals surface area contributed by atoms with Gasteiger partial charge in [0.2, 0.25) is 0 Å². The summed E-state index contributed by atoms with van der Waals surface area (Å²) in [6.45, 7) is 0.747. The summed E-state index contributed by atoms with van der Waals surface area (Å²) >= 11 is 0. The minimum absolute atomic E-state index is 0.163. The van der Waals surface area contributed by atoms with Gasteiger partial charge in [-0.25, -0.2) is 0 Å². The lowest BCUT2D eigenvalue weighted by Crippen LogP contribution is -2.32. The molecule has 2 heteroatoms. The maximum Gasteiger partial charge on any atom is 0.122 e. The molecule has 0 bridgehead atoms. The number of rotatable bonds is 4. The molecule has 1 aromatic rings. The molecule has 1 aromatic carbocycles. The molecule has 2 saturated carbocycles. The first-order chi connectivity index (χ1) is 10.3. The van der Waals surface area contributed by atoms with Crippen LogP contribution in [0.4, 0.5) is 0 Å². The monoisotopic (exact) mass is 287 g/mol. The van der Waals surface area contributed by atoms with Gasteiger partial charge in [-0.1, -0.05) is 44.2 Å². The molecule has 2 aliphatic carbocycles. The van der Waals surface area contributed by atoms with Crippen molar-refractivity contribution in [3.8, 4) is 5.75 Å². The quantitative estimate of drug-likeness (QED) is 0.884. The Morgan fingerprint density at radius 3 is 2.43 bits per heavy atom. The van der Waals surface area contributed by atoms with Gasteiger partial charge >= 0.3 is 0 Å². The molecule has 2 fully saturated rings. The molecule has 0 aromatic heterocycles. The minimum atomic E-state index is 0.163. The third-order valence-corrected chi connectivity index (χ3v) is 5.82. The molecule has 0 saturated heterocycles. The summed E-state index contributed by atoms with van der Waals surface area (Å²) < 4.78 is 5.67. The predicted octanol–water partition coefficient (Wildman–Crippen LogP) is 4.51. The number of ether oxygens (including phenoxy) is 1. The first-order valence-corrected chi connectivity index (χ1v) is 8.67. The van der Waals surface area contributed by atoms with Crippen LogP contribution in [0.25, 0.3) is 0 Å². The van der Waals surface area contributed by atoms with E-state index in [0.717, 1.165) is 18.2 Å². The minimum Gasteiger partial charge on any atom is -0.496 e. The van der Waals surface area contributed by atoms with Crippen molar-refractivity contribution < 1.29 is 4.74 Å². The van der Waals surface area contributed by atoms with E-state index in [1.54, 1.807) is 7.11 Å². The largest absolute Gasteiger partial charge is 0.496 e. The molecular weight excluding hydrogens is 258 g/mol. The van der Waals surface area contributed by atoms with Crippen LogP contribution in [-0.4, -0.2) is 13.7 Å². The van der Waals surface area contributed by atoms with E-state index < -0.39 is 0 Å². The molecule has 0 atom stereocenters. The van der Waals surface area contributed by atoms with Gasteiger partial charge in [0.1, 0.15) is 5.75 Å². The predicted molar refractivity (Wildman–Crippen MR) is 88.0 cm³/mol. The molecule has 0 radical (unpaired) electrons. The van der Waals surface area contributed by atoms with Crippen molar-refractivity contribution in [2.45, 2.75) is 69.1 Å². The second-order valence-electron chi connectivity index (χ2n) is 6.99. The second-order valence-corrected chi connectivity index (χ2v) is 6.99. The van der Waals surface area contributed by atoms with E-state index in [1.165, 1.54) is 68.9 Å². The van der Waals surface area contributed by atoms with Gasteiger partial charge in [-0.15, -0.1) is 0 Å². The molecule has 21 heavy (non-hydrogen) atoms. The van der Waals surface area contributed by atoms with E-state index in [9.17, 15) is 0 Å². The van der Waals surface area contributed by atoms with Crippen molar-refractivity contribution in [2.75, 3.05) is 13.7 Å². The Kier molecular flexibility index (Phi) is 4.54. The van der Waals surface area contributed by atoms with Gasteiger partial charge in [0.15, 0.2) is 0 Å². The van der Waals surface area contributed by atoms with Crippen LogP contribution in [0.3, 0.4) is 0 Å². The summed E-state index contributed by atoms with van der Waals surface area (Å²) in [6, 6.07) is 6.92. The Balaban J connectivity index is 1.96. The number of nitrogens with two attached hydrogens (primary N) is 1. The zero-order chi connectivity index (χ0) is 14.7. The second kappa shape index (κ2) is 6.39. The molecule has 116 valence electrons. The van der Waals surface area contributed by atoms with Crippen molar-refractivity contribution in [3.05, 3.63) is 29.3 Å². The fourth-order valence-electron chi connectivity index (χ4n) is 4.47. The summed E-state index contributed by atoms with van der Waals surface area (Å²) in [5, 5.41) is 0. The van der Waals surface area contributed by atoms with E-state index in [-0.39, 0.29) is 5.41 Å². The van der Waals surface area contributed by atoms with E-state index in [4.69, 9.17) is 10.5 Å². The van der Waals surface area contributed by atoms with Crippen LogP contribution < -0.4 is 10.5 Å². The maximum atomic E-state index is 6.20. The molecule has 2 aliphatic rings. The Morgan fingerprint density at radius 1 is 1.10 bits per heavy atom. The zero-order valence-electron chi connectivity index (χ0n) is 13.4. The summed E-state index contributed by atoms with van der Waals surface area (Å²) in [5.41, 5.74) is 9.26. The fraction of sp³-hybridized carbons (Fsp3) is 0.684. The average Bonchev–Trinajstić information content (AvgIpc) is 3.05. The first kappa shape index (κ1) is 14.9. The van der Waals surface area contributed by atoms with Crippen molar-refractivity contribution >= 4 is 0 Å². The lowest BCUT2D eigenvalue weighted by Gasteiger charge is -2.31. The van der Waals surface area contributed by atoms with E-state index in [2.05, 4.69) is 18.2 Å². The van der Waals surface area contributed by atoms with Crippen molar-refractivity contribution in [2.24, 2.45) is 5.73 Å². The molecule has 0 unspecified atom stereocenters. The molecule has 3 rings (SSSR count). The van der Waals surface area contributed by atoms with Crippen LogP contribution in [-0.2, 0) is 5.41 Å². The first-order valence-electron chi connectivity index (χ1n) is 8.67. The Morgan fingerprint density at radius 2 is 1.81 bits per heavy atom. The van der Waals surface area contributed by atoms with Crippen molar-refractivity contribution in [1.29, 1.82) is 0 Å². The number of hydrogen-bond acceptors (Lipinski definition) is 2. The molecule has 2 nitrogen and oxygen atoms in total. The van der Waals surface area contributed by atoms with Crippen LogP contribution in [0.5, 0.6) is 5.75 Å². The lowest BCUT2D eigenvalue weighted by molar-refractivity contribution is 0.376. The third kappa shape index (κ3) is 2.83. The van der Waals surface area contributed by atoms with Gasteiger partial charge < -0.3 is 10.5 Å². The van der Waals surface area contributed by atoms with Gasteiger partial charge in [-0.3, -0.25) is 0 Å². The molecule has 0 spiro atoms. The van der Waals surface area contributed by atoms with E-state index in [0.29, 0.717) is 0 Å². The molecular formula is C19H29NO. The maximum absolute atomic E-state index is 6.20. The molecule has 0 amide bonds. The summed E-state index contributed by atoms with van der Waals surface area (Å²) in [4.78, 5) is 0.